The number of anilines is 2. The van der Waals surface area contributed by atoms with Gasteiger partial charge in [-0.05, 0) is 48.0 Å². The third-order valence-electron chi connectivity index (χ3n) is 3.43. The molecule has 110 valence electrons. The Kier molecular flexibility index (Phi) is 3.97. The fourth-order valence-corrected chi connectivity index (χ4v) is 2.32. The van der Waals surface area contributed by atoms with Gasteiger partial charge in [-0.15, -0.1) is 0 Å². The van der Waals surface area contributed by atoms with Crippen LogP contribution in [-0.4, -0.2) is 0 Å². The first kappa shape index (κ1) is 14.0. The van der Waals surface area contributed by atoms with E-state index < -0.39 is 0 Å². The maximum atomic E-state index is 5.98. The minimum Gasteiger partial charge on any atom is -0.457 e. The average molecular weight is 290 g/mol. The Morgan fingerprint density at radius 2 is 1.41 bits per heavy atom. The highest BCUT2D eigenvalue weighted by Gasteiger charge is 2.07. The van der Waals surface area contributed by atoms with Gasteiger partial charge < -0.3 is 16.2 Å². The van der Waals surface area contributed by atoms with Crippen LogP contribution in [0.4, 0.5) is 11.4 Å². The minimum atomic E-state index is 0.717. The van der Waals surface area contributed by atoms with Gasteiger partial charge in [0.25, 0.3) is 0 Å². The maximum Gasteiger partial charge on any atom is 0.131 e. The summed E-state index contributed by atoms with van der Waals surface area (Å²) >= 11 is 0. The highest BCUT2D eigenvalue weighted by molar-refractivity contribution is 5.51. The molecule has 0 aromatic heterocycles. The first-order valence-corrected chi connectivity index (χ1v) is 7.16. The normalized spacial score (nSPS) is 10.4. The lowest BCUT2D eigenvalue weighted by Crippen LogP contribution is -1.96. The number of nitrogen functional groups attached to an aromatic ring is 2. The predicted octanol–water partition coefficient (Wildman–Crippen LogP) is 4.23. The van der Waals surface area contributed by atoms with Crippen LogP contribution in [0.15, 0.2) is 72.8 Å². The van der Waals surface area contributed by atoms with Crippen molar-refractivity contribution in [1.82, 2.24) is 0 Å². The molecule has 0 fully saturated rings. The number of rotatable bonds is 4. The van der Waals surface area contributed by atoms with Crippen LogP contribution in [0.25, 0.3) is 0 Å². The second-order valence-electron chi connectivity index (χ2n) is 5.20. The van der Waals surface area contributed by atoms with E-state index in [-0.39, 0.29) is 0 Å². The fraction of sp³-hybridized carbons (Fsp3) is 0.0526. The van der Waals surface area contributed by atoms with Crippen molar-refractivity contribution < 1.29 is 4.74 Å². The van der Waals surface area contributed by atoms with Crippen LogP contribution in [0.2, 0.25) is 0 Å². The molecule has 0 saturated heterocycles. The van der Waals surface area contributed by atoms with Gasteiger partial charge in [0.1, 0.15) is 11.5 Å². The van der Waals surface area contributed by atoms with Gasteiger partial charge >= 0.3 is 0 Å². The van der Waals surface area contributed by atoms with E-state index in [1.165, 1.54) is 5.56 Å². The largest absolute Gasteiger partial charge is 0.457 e. The first-order chi connectivity index (χ1) is 10.7. The fourth-order valence-electron chi connectivity index (χ4n) is 2.32. The summed E-state index contributed by atoms with van der Waals surface area (Å²) in [6, 6.07) is 23.3. The van der Waals surface area contributed by atoms with Crippen LogP contribution in [0.1, 0.15) is 11.1 Å². The maximum absolute atomic E-state index is 5.98. The molecule has 0 spiro atoms. The highest BCUT2D eigenvalue weighted by Crippen LogP contribution is 2.29. The van der Waals surface area contributed by atoms with Gasteiger partial charge in [0.05, 0.1) is 0 Å². The van der Waals surface area contributed by atoms with Crippen molar-refractivity contribution in [3.63, 3.8) is 0 Å². The molecule has 0 aliphatic carbocycles. The third kappa shape index (κ3) is 3.38. The molecule has 0 aliphatic rings. The van der Waals surface area contributed by atoms with Crippen molar-refractivity contribution in [3.05, 3.63) is 83.9 Å². The molecule has 3 aromatic carbocycles. The predicted molar refractivity (Wildman–Crippen MR) is 91.0 cm³/mol. The SMILES string of the molecule is Nc1ccc(Oc2ccc(N)cc2Cc2ccccc2)cc1. The number of hydrogen-bond donors (Lipinski definition) is 2. The number of nitrogens with two attached hydrogens (primary N) is 2. The van der Waals surface area contributed by atoms with Gasteiger partial charge in [0.2, 0.25) is 0 Å². The molecule has 0 amide bonds. The number of benzene rings is 3. The quantitative estimate of drug-likeness (QED) is 0.707. The van der Waals surface area contributed by atoms with Crippen molar-refractivity contribution in [2.75, 3.05) is 11.5 Å². The smallest absolute Gasteiger partial charge is 0.131 e. The summed E-state index contributed by atoms with van der Waals surface area (Å²) in [7, 11) is 0. The lowest BCUT2D eigenvalue weighted by Gasteiger charge is -2.12. The molecule has 3 rings (SSSR count). The van der Waals surface area contributed by atoms with E-state index >= 15 is 0 Å². The number of ether oxygens (including phenoxy) is 1. The Balaban J connectivity index is 1.89. The van der Waals surface area contributed by atoms with Crippen molar-refractivity contribution in [3.8, 4) is 11.5 Å². The summed E-state index contributed by atoms with van der Waals surface area (Å²) < 4.78 is 5.98. The van der Waals surface area contributed by atoms with Gasteiger partial charge in [0.15, 0.2) is 0 Å². The van der Waals surface area contributed by atoms with Crippen molar-refractivity contribution in [2.45, 2.75) is 6.42 Å². The van der Waals surface area contributed by atoms with E-state index in [0.717, 1.165) is 29.2 Å². The minimum absolute atomic E-state index is 0.717. The van der Waals surface area contributed by atoms with Gasteiger partial charge in [-0.1, -0.05) is 30.3 Å². The van der Waals surface area contributed by atoms with Gasteiger partial charge in [0, 0.05) is 23.4 Å². The van der Waals surface area contributed by atoms with Crippen LogP contribution in [0.3, 0.4) is 0 Å². The summed E-state index contributed by atoms with van der Waals surface area (Å²) in [6.07, 6.45) is 0.774. The van der Waals surface area contributed by atoms with Crippen LogP contribution >= 0.6 is 0 Å². The molecule has 3 aromatic rings. The molecule has 0 radical (unpaired) electrons. The molecule has 0 bridgehead atoms. The molecule has 0 saturated carbocycles. The zero-order chi connectivity index (χ0) is 15.4. The topological polar surface area (TPSA) is 61.3 Å². The third-order valence-corrected chi connectivity index (χ3v) is 3.43. The van der Waals surface area contributed by atoms with Crippen LogP contribution < -0.4 is 16.2 Å². The molecule has 22 heavy (non-hydrogen) atoms. The molecule has 0 aliphatic heterocycles. The van der Waals surface area contributed by atoms with Crippen molar-refractivity contribution in [1.29, 1.82) is 0 Å². The lowest BCUT2D eigenvalue weighted by molar-refractivity contribution is 0.477. The van der Waals surface area contributed by atoms with E-state index in [4.69, 9.17) is 16.2 Å². The van der Waals surface area contributed by atoms with Gasteiger partial charge in [-0.3, -0.25) is 0 Å². The summed E-state index contributed by atoms with van der Waals surface area (Å²) in [6.45, 7) is 0. The van der Waals surface area contributed by atoms with Gasteiger partial charge in [-0.2, -0.15) is 0 Å². The Labute approximate surface area is 130 Å². The second kappa shape index (κ2) is 6.22. The Bertz CT molecular complexity index is 752. The summed E-state index contributed by atoms with van der Waals surface area (Å²) in [4.78, 5) is 0. The zero-order valence-corrected chi connectivity index (χ0v) is 12.2. The zero-order valence-electron chi connectivity index (χ0n) is 12.2. The molecule has 4 N–H and O–H groups in total. The highest BCUT2D eigenvalue weighted by atomic mass is 16.5. The number of hydrogen-bond acceptors (Lipinski definition) is 3. The Morgan fingerprint density at radius 1 is 0.727 bits per heavy atom. The molecule has 0 atom stereocenters. The van der Waals surface area contributed by atoms with E-state index in [1.54, 1.807) is 0 Å². The molecule has 0 heterocycles. The molecule has 0 unspecified atom stereocenters. The van der Waals surface area contributed by atoms with E-state index in [2.05, 4.69) is 12.1 Å². The molecular formula is C19H18N2O. The molecule has 3 heteroatoms. The summed E-state index contributed by atoms with van der Waals surface area (Å²) in [5, 5.41) is 0. The van der Waals surface area contributed by atoms with Crippen molar-refractivity contribution >= 4 is 11.4 Å². The van der Waals surface area contributed by atoms with Gasteiger partial charge in [-0.25, -0.2) is 0 Å². The van der Waals surface area contributed by atoms with Crippen LogP contribution in [0, 0.1) is 0 Å². The van der Waals surface area contributed by atoms with E-state index in [1.807, 2.05) is 60.7 Å². The molecular weight excluding hydrogens is 272 g/mol. The second-order valence-corrected chi connectivity index (χ2v) is 5.20. The first-order valence-electron chi connectivity index (χ1n) is 7.16. The molecule has 3 nitrogen and oxygen atoms in total. The standard InChI is InChI=1S/C19H18N2O/c20-16-6-9-18(10-7-16)22-19-11-8-17(21)13-15(19)12-14-4-2-1-3-5-14/h1-11,13H,12,20-21H2. The van der Waals surface area contributed by atoms with E-state index in [0.29, 0.717) is 5.69 Å². The Hall–Kier alpha value is -2.94. The average Bonchev–Trinajstić information content (AvgIpc) is 2.53. The lowest BCUT2D eigenvalue weighted by atomic mass is 10.0. The van der Waals surface area contributed by atoms with Crippen LogP contribution in [0.5, 0.6) is 11.5 Å². The Morgan fingerprint density at radius 3 is 2.14 bits per heavy atom. The van der Waals surface area contributed by atoms with Crippen LogP contribution in [-0.2, 0) is 6.42 Å². The van der Waals surface area contributed by atoms with Crippen molar-refractivity contribution in [2.24, 2.45) is 0 Å². The van der Waals surface area contributed by atoms with E-state index in [9.17, 15) is 0 Å². The monoisotopic (exact) mass is 290 g/mol. The summed E-state index contributed by atoms with van der Waals surface area (Å²) in [5.41, 5.74) is 15.3. The summed E-state index contributed by atoms with van der Waals surface area (Å²) in [5.74, 6) is 1.57.